The summed E-state index contributed by atoms with van der Waals surface area (Å²) in [4.78, 5) is 9.93. The Labute approximate surface area is 43.7 Å². The fraction of sp³-hybridized carbons (Fsp3) is 0.800. The molecule has 0 amide bonds. The topological polar surface area (TPSA) is 43.1 Å². The van der Waals surface area contributed by atoms with E-state index in [0.29, 0.717) is 6.42 Å². The molecule has 0 aromatic heterocycles. The van der Waals surface area contributed by atoms with Gasteiger partial charge < -0.3 is 10.5 Å². The summed E-state index contributed by atoms with van der Waals surface area (Å²) < 4.78 is 0. The first-order valence-electron chi connectivity index (χ1n) is 2.37. The molecular formula is C5H11NO. The lowest BCUT2D eigenvalue weighted by Gasteiger charge is -2.11. The number of nitrogens with two attached hydrogens (primary N) is 1. The Morgan fingerprint density at radius 2 is 2.29 bits per heavy atom. The minimum atomic E-state index is -0.597. The molecule has 2 N–H and O–H groups in total. The fourth-order valence-electron chi connectivity index (χ4n) is 0.0833. The molecular weight excluding hydrogens is 90.1 g/mol. The third kappa shape index (κ3) is 2.34. The number of aldehydes is 1. The molecule has 42 valence electrons. The molecule has 7 heavy (non-hydrogen) atoms. The summed E-state index contributed by atoms with van der Waals surface area (Å²) in [6.07, 6.45) is 1.48. The second-order valence-electron chi connectivity index (χ2n) is 1.98. The van der Waals surface area contributed by atoms with Crippen LogP contribution in [0.1, 0.15) is 20.3 Å². The zero-order valence-electron chi connectivity index (χ0n) is 4.77. The van der Waals surface area contributed by atoms with Crippen molar-refractivity contribution in [3.63, 3.8) is 0 Å². The SMILES string of the molecule is CC[C@](C)(N)C=O. The van der Waals surface area contributed by atoms with Crippen molar-refractivity contribution in [2.24, 2.45) is 5.73 Å². The molecule has 0 fully saturated rings. The lowest BCUT2D eigenvalue weighted by atomic mass is 10.0. The molecule has 0 aliphatic rings. The molecule has 0 bridgehead atoms. The first-order valence-corrected chi connectivity index (χ1v) is 2.37. The zero-order valence-corrected chi connectivity index (χ0v) is 4.77. The van der Waals surface area contributed by atoms with Gasteiger partial charge in [0, 0.05) is 0 Å². The molecule has 1 atom stereocenters. The van der Waals surface area contributed by atoms with Gasteiger partial charge in [0.25, 0.3) is 0 Å². The summed E-state index contributed by atoms with van der Waals surface area (Å²) in [5, 5.41) is 0. The number of rotatable bonds is 2. The van der Waals surface area contributed by atoms with Gasteiger partial charge in [-0.1, -0.05) is 6.92 Å². The highest BCUT2D eigenvalue weighted by Crippen LogP contribution is 1.97. The number of hydrogen-bond acceptors (Lipinski definition) is 2. The van der Waals surface area contributed by atoms with E-state index in [9.17, 15) is 4.79 Å². The van der Waals surface area contributed by atoms with E-state index in [1.807, 2.05) is 6.92 Å². The smallest absolute Gasteiger partial charge is 0.139 e. The second-order valence-corrected chi connectivity index (χ2v) is 1.98. The van der Waals surface area contributed by atoms with Crippen LogP contribution in [-0.4, -0.2) is 11.8 Å². The van der Waals surface area contributed by atoms with Crippen molar-refractivity contribution in [1.82, 2.24) is 0 Å². The monoisotopic (exact) mass is 101 g/mol. The molecule has 0 spiro atoms. The van der Waals surface area contributed by atoms with Crippen molar-refractivity contribution in [2.45, 2.75) is 25.8 Å². The molecule has 0 saturated heterocycles. The molecule has 0 aliphatic carbocycles. The van der Waals surface area contributed by atoms with Gasteiger partial charge in [-0.2, -0.15) is 0 Å². The quantitative estimate of drug-likeness (QED) is 0.509. The van der Waals surface area contributed by atoms with Crippen LogP contribution in [0.3, 0.4) is 0 Å². The number of hydrogen-bond donors (Lipinski definition) is 1. The molecule has 0 aliphatic heterocycles. The van der Waals surface area contributed by atoms with E-state index in [-0.39, 0.29) is 0 Å². The lowest BCUT2D eigenvalue weighted by Crippen LogP contribution is -2.36. The summed E-state index contributed by atoms with van der Waals surface area (Å²) in [5.74, 6) is 0. The molecule has 0 unspecified atom stereocenters. The number of carbonyl (C=O) groups is 1. The van der Waals surface area contributed by atoms with Gasteiger partial charge in [-0.3, -0.25) is 0 Å². The van der Waals surface area contributed by atoms with Gasteiger partial charge in [0.15, 0.2) is 0 Å². The van der Waals surface area contributed by atoms with Crippen molar-refractivity contribution < 1.29 is 4.79 Å². The van der Waals surface area contributed by atoms with Crippen molar-refractivity contribution in [1.29, 1.82) is 0 Å². The highest BCUT2D eigenvalue weighted by Gasteiger charge is 2.11. The highest BCUT2D eigenvalue weighted by atomic mass is 16.1. The Morgan fingerprint density at radius 1 is 1.86 bits per heavy atom. The van der Waals surface area contributed by atoms with Crippen molar-refractivity contribution in [3.05, 3.63) is 0 Å². The van der Waals surface area contributed by atoms with E-state index < -0.39 is 5.54 Å². The van der Waals surface area contributed by atoms with Gasteiger partial charge in [0.05, 0.1) is 5.54 Å². The van der Waals surface area contributed by atoms with Crippen LogP contribution in [-0.2, 0) is 4.79 Å². The predicted molar refractivity (Wildman–Crippen MR) is 28.9 cm³/mol. The van der Waals surface area contributed by atoms with Crippen LogP contribution in [0.5, 0.6) is 0 Å². The third-order valence-corrected chi connectivity index (χ3v) is 1.03. The molecule has 0 saturated carbocycles. The van der Waals surface area contributed by atoms with Gasteiger partial charge in [0.2, 0.25) is 0 Å². The van der Waals surface area contributed by atoms with E-state index in [2.05, 4.69) is 0 Å². The summed E-state index contributed by atoms with van der Waals surface area (Å²) in [7, 11) is 0. The molecule has 0 radical (unpaired) electrons. The van der Waals surface area contributed by atoms with Crippen LogP contribution >= 0.6 is 0 Å². The maximum Gasteiger partial charge on any atom is 0.139 e. The summed E-state index contributed by atoms with van der Waals surface area (Å²) >= 11 is 0. The lowest BCUT2D eigenvalue weighted by molar-refractivity contribution is -0.111. The van der Waals surface area contributed by atoms with E-state index in [1.165, 1.54) is 0 Å². The third-order valence-electron chi connectivity index (χ3n) is 1.03. The van der Waals surface area contributed by atoms with Crippen molar-refractivity contribution >= 4 is 6.29 Å². The minimum Gasteiger partial charge on any atom is -0.319 e. The molecule has 2 nitrogen and oxygen atoms in total. The number of carbonyl (C=O) groups excluding carboxylic acids is 1. The van der Waals surface area contributed by atoms with Gasteiger partial charge in [-0.25, -0.2) is 0 Å². The molecule has 0 aromatic carbocycles. The second kappa shape index (κ2) is 2.07. The van der Waals surface area contributed by atoms with Crippen LogP contribution in [0.2, 0.25) is 0 Å². The van der Waals surface area contributed by atoms with Crippen LogP contribution < -0.4 is 5.73 Å². The molecule has 0 heterocycles. The van der Waals surface area contributed by atoms with Crippen molar-refractivity contribution in [3.8, 4) is 0 Å². The molecule has 2 heteroatoms. The Balaban J connectivity index is 3.58. The van der Waals surface area contributed by atoms with Crippen molar-refractivity contribution in [2.75, 3.05) is 0 Å². The van der Waals surface area contributed by atoms with Gasteiger partial charge in [-0.15, -0.1) is 0 Å². The van der Waals surface area contributed by atoms with Crippen LogP contribution in [0.4, 0.5) is 0 Å². The average molecular weight is 101 g/mol. The first-order chi connectivity index (χ1) is 3.12. The van der Waals surface area contributed by atoms with Crippen LogP contribution in [0, 0.1) is 0 Å². The summed E-state index contributed by atoms with van der Waals surface area (Å²) in [6.45, 7) is 3.59. The Morgan fingerprint density at radius 3 is 2.29 bits per heavy atom. The van der Waals surface area contributed by atoms with Gasteiger partial charge in [-0.05, 0) is 13.3 Å². The summed E-state index contributed by atoms with van der Waals surface area (Å²) in [5.41, 5.74) is 4.75. The largest absolute Gasteiger partial charge is 0.319 e. The standard InChI is InChI=1S/C5H11NO/c1-3-5(2,6)4-7/h4H,3,6H2,1-2H3/t5-/m0/s1. The first kappa shape index (κ1) is 6.63. The van der Waals surface area contributed by atoms with E-state index in [0.717, 1.165) is 6.29 Å². The maximum atomic E-state index is 9.93. The highest BCUT2D eigenvalue weighted by molar-refractivity contribution is 5.62. The van der Waals surface area contributed by atoms with E-state index in [1.54, 1.807) is 6.92 Å². The zero-order chi connectivity index (χ0) is 5.91. The molecule has 0 rings (SSSR count). The Hall–Kier alpha value is -0.370. The normalized spacial score (nSPS) is 18.1. The molecule has 0 aromatic rings. The minimum absolute atomic E-state index is 0.597. The Bertz CT molecular complexity index is 68.5. The Kier molecular flexibility index (Phi) is 1.96. The van der Waals surface area contributed by atoms with E-state index >= 15 is 0 Å². The van der Waals surface area contributed by atoms with E-state index in [4.69, 9.17) is 5.73 Å². The fourth-order valence-corrected chi connectivity index (χ4v) is 0.0833. The predicted octanol–water partition coefficient (Wildman–Crippen LogP) is 0.313. The average Bonchev–Trinajstić information content (AvgIpc) is 1.68. The maximum absolute atomic E-state index is 9.93. The summed E-state index contributed by atoms with van der Waals surface area (Å²) in [6, 6.07) is 0. The van der Waals surface area contributed by atoms with Crippen LogP contribution in [0.25, 0.3) is 0 Å². The van der Waals surface area contributed by atoms with Crippen LogP contribution in [0.15, 0.2) is 0 Å². The van der Waals surface area contributed by atoms with Gasteiger partial charge >= 0.3 is 0 Å². The van der Waals surface area contributed by atoms with Gasteiger partial charge in [0.1, 0.15) is 6.29 Å².